The van der Waals surface area contributed by atoms with Gasteiger partial charge in [0.15, 0.2) is 0 Å². The third kappa shape index (κ3) is 5.01. The largest absolute Gasteiger partial charge is 0.417 e. The Bertz CT molecular complexity index is 468. The number of halogens is 5. The zero-order chi connectivity index (χ0) is 14.0. The summed E-state index contributed by atoms with van der Waals surface area (Å²) in [6.07, 6.45) is -3.74. The zero-order valence-corrected chi connectivity index (χ0v) is 12.8. The normalized spacial score (nSPS) is 18.5. The molecule has 21 heavy (non-hydrogen) atoms. The van der Waals surface area contributed by atoms with Crippen molar-refractivity contribution < 1.29 is 18.0 Å². The molecule has 1 aliphatic rings. The first kappa shape index (κ1) is 19.9. The van der Waals surface area contributed by atoms with Crippen LogP contribution in [0.4, 0.5) is 13.2 Å². The van der Waals surface area contributed by atoms with E-state index in [4.69, 9.17) is 0 Å². The highest BCUT2D eigenvalue weighted by atomic mass is 35.5. The van der Waals surface area contributed by atoms with Crippen molar-refractivity contribution in [1.82, 2.24) is 15.2 Å². The molecule has 0 aliphatic carbocycles. The molecule has 1 atom stereocenters. The minimum atomic E-state index is -4.43. The minimum Gasteiger partial charge on any atom is -0.334 e. The molecule has 4 nitrogen and oxygen atoms in total. The summed E-state index contributed by atoms with van der Waals surface area (Å²) >= 11 is 0. The summed E-state index contributed by atoms with van der Waals surface area (Å²) in [5.41, 5.74) is -0.806. The highest BCUT2D eigenvalue weighted by Crippen LogP contribution is 2.28. The van der Waals surface area contributed by atoms with Gasteiger partial charge in [0, 0.05) is 31.9 Å². The predicted octanol–water partition coefficient (Wildman–Crippen LogP) is 2.38. The smallest absolute Gasteiger partial charge is 0.334 e. The summed E-state index contributed by atoms with van der Waals surface area (Å²) in [7, 11) is 0. The minimum absolute atomic E-state index is 0. The second-order valence-corrected chi connectivity index (χ2v) is 4.54. The van der Waals surface area contributed by atoms with Crippen LogP contribution in [0.5, 0.6) is 0 Å². The molecule has 1 aliphatic heterocycles. The van der Waals surface area contributed by atoms with Gasteiger partial charge in [-0.05, 0) is 19.1 Å². The maximum absolute atomic E-state index is 12.4. The number of pyridine rings is 1. The second kappa shape index (κ2) is 7.82. The average molecular weight is 346 g/mol. The van der Waals surface area contributed by atoms with Crippen LogP contribution < -0.4 is 5.32 Å². The van der Waals surface area contributed by atoms with E-state index in [1.807, 2.05) is 6.92 Å². The third-order valence-corrected chi connectivity index (χ3v) is 2.97. The third-order valence-electron chi connectivity index (χ3n) is 2.97. The lowest BCUT2D eigenvalue weighted by Crippen LogP contribution is -2.51. The second-order valence-electron chi connectivity index (χ2n) is 4.54. The molecule has 1 amide bonds. The number of piperazine rings is 1. The molecule has 2 rings (SSSR count). The van der Waals surface area contributed by atoms with Crippen LogP contribution in [-0.4, -0.2) is 41.5 Å². The quantitative estimate of drug-likeness (QED) is 0.849. The summed E-state index contributed by atoms with van der Waals surface area (Å²) < 4.78 is 37.1. The van der Waals surface area contributed by atoms with E-state index in [0.717, 1.165) is 12.1 Å². The van der Waals surface area contributed by atoms with Gasteiger partial charge in [-0.1, -0.05) is 0 Å². The summed E-state index contributed by atoms with van der Waals surface area (Å²) in [4.78, 5) is 17.3. The Hall–Kier alpha value is -1.05. The predicted molar refractivity (Wildman–Crippen MR) is 77.1 cm³/mol. The van der Waals surface area contributed by atoms with Crippen LogP contribution in [0.1, 0.15) is 23.0 Å². The SMILES string of the molecule is C[C@H]1CN(C(=O)c2ccc(C(F)(F)F)cn2)CCN1.Cl.Cl. The van der Waals surface area contributed by atoms with E-state index in [2.05, 4.69) is 10.3 Å². The van der Waals surface area contributed by atoms with Crippen LogP contribution in [0.25, 0.3) is 0 Å². The van der Waals surface area contributed by atoms with Crippen molar-refractivity contribution in [2.45, 2.75) is 19.1 Å². The Morgan fingerprint density at radius 3 is 2.52 bits per heavy atom. The molecule has 0 unspecified atom stereocenters. The number of nitrogens with zero attached hydrogens (tertiary/aromatic N) is 2. The lowest BCUT2D eigenvalue weighted by Gasteiger charge is -2.31. The van der Waals surface area contributed by atoms with E-state index in [9.17, 15) is 18.0 Å². The molecule has 1 saturated heterocycles. The van der Waals surface area contributed by atoms with Gasteiger partial charge in [0.1, 0.15) is 5.69 Å². The molecular formula is C12H16Cl2F3N3O. The van der Waals surface area contributed by atoms with Gasteiger partial charge in [-0.3, -0.25) is 9.78 Å². The maximum atomic E-state index is 12.4. The van der Waals surface area contributed by atoms with Crippen molar-refractivity contribution in [2.75, 3.05) is 19.6 Å². The first-order valence-corrected chi connectivity index (χ1v) is 5.94. The van der Waals surface area contributed by atoms with E-state index < -0.39 is 11.7 Å². The number of carbonyl (C=O) groups is 1. The van der Waals surface area contributed by atoms with Gasteiger partial charge in [-0.25, -0.2) is 0 Å². The van der Waals surface area contributed by atoms with Crippen LogP contribution in [-0.2, 0) is 6.18 Å². The molecule has 1 aromatic rings. The van der Waals surface area contributed by atoms with Gasteiger partial charge < -0.3 is 10.2 Å². The summed E-state index contributed by atoms with van der Waals surface area (Å²) in [6, 6.07) is 2.18. The fourth-order valence-electron chi connectivity index (χ4n) is 1.97. The molecular weight excluding hydrogens is 330 g/mol. The average Bonchev–Trinajstić information content (AvgIpc) is 2.37. The Balaban J connectivity index is 0.00000200. The molecule has 0 saturated carbocycles. The Morgan fingerprint density at radius 1 is 1.38 bits per heavy atom. The number of hydrogen-bond acceptors (Lipinski definition) is 3. The van der Waals surface area contributed by atoms with Gasteiger partial charge >= 0.3 is 6.18 Å². The summed E-state index contributed by atoms with van der Waals surface area (Å²) in [5, 5.41) is 3.18. The van der Waals surface area contributed by atoms with E-state index >= 15 is 0 Å². The lowest BCUT2D eigenvalue weighted by molar-refractivity contribution is -0.137. The maximum Gasteiger partial charge on any atom is 0.417 e. The van der Waals surface area contributed by atoms with Crippen LogP contribution in [0.2, 0.25) is 0 Å². The van der Waals surface area contributed by atoms with Crippen molar-refractivity contribution in [3.8, 4) is 0 Å². The van der Waals surface area contributed by atoms with Crippen LogP contribution >= 0.6 is 24.8 Å². The summed E-state index contributed by atoms with van der Waals surface area (Å²) in [5.74, 6) is -0.331. The highest BCUT2D eigenvalue weighted by molar-refractivity contribution is 5.92. The first-order chi connectivity index (χ1) is 8.88. The number of amides is 1. The fraction of sp³-hybridized carbons (Fsp3) is 0.500. The molecule has 1 aromatic heterocycles. The molecule has 2 heterocycles. The van der Waals surface area contributed by atoms with Gasteiger partial charge in [0.05, 0.1) is 5.56 Å². The molecule has 0 spiro atoms. The molecule has 0 aromatic carbocycles. The first-order valence-electron chi connectivity index (χ1n) is 5.94. The topological polar surface area (TPSA) is 45.2 Å². The number of carbonyl (C=O) groups excluding carboxylic acids is 1. The van der Waals surface area contributed by atoms with Crippen molar-refractivity contribution in [3.05, 3.63) is 29.6 Å². The molecule has 1 fully saturated rings. The van der Waals surface area contributed by atoms with Crippen molar-refractivity contribution >= 4 is 30.7 Å². The highest BCUT2D eigenvalue weighted by Gasteiger charge is 2.31. The number of hydrogen-bond donors (Lipinski definition) is 1. The van der Waals surface area contributed by atoms with Crippen LogP contribution in [0, 0.1) is 0 Å². The molecule has 1 N–H and O–H groups in total. The van der Waals surface area contributed by atoms with Crippen molar-refractivity contribution in [2.24, 2.45) is 0 Å². The number of aromatic nitrogens is 1. The standard InChI is InChI=1S/C12H14F3N3O.2ClH/c1-8-7-18(5-4-16-8)11(19)10-3-2-9(6-17-10)12(13,14)15;;/h2-3,6,8,16H,4-5,7H2,1H3;2*1H/t8-;;/m0../s1. The van der Waals surface area contributed by atoms with Crippen LogP contribution in [0.15, 0.2) is 18.3 Å². The van der Waals surface area contributed by atoms with Crippen LogP contribution in [0.3, 0.4) is 0 Å². The molecule has 0 radical (unpaired) electrons. The molecule has 120 valence electrons. The number of rotatable bonds is 1. The lowest BCUT2D eigenvalue weighted by atomic mass is 10.2. The summed E-state index contributed by atoms with van der Waals surface area (Å²) in [6.45, 7) is 3.68. The van der Waals surface area contributed by atoms with E-state index in [0.29, 0.717) is 25.8 Å². The van der Waals surface area contributed by atoms with E-state index in [-0.39, 0.29) is 42.5 Å². The van der Waals surface area contributed by atoms with Crippen molar-refractivity contribution in [1.29, 1.82) is 0 Å². The van der Waals surface area contributed by atoms with Gasteiger partial charge in [0.2, 0.25) is 0 Å². The number of alkyl halides is 3. The number of nitrogens with one attached hydrogen (secondary N) is 1. The van der Waals surface area contributed by atoms with Crippen molar-refractivity contribution in [3.63, 3.8) is 0 Å². The van der Waals surface area contributed by atoms with E-state index in [1.165, 1.54) is 0 Å². The monoisotopic (exact) mass is 345 g/mol. The van der Waals surface area contributed by atoms with E-state index in [1.54, 1.807) is 4.90 Å². The molecule has 0 bridgehead atoms. The fourth-order valence-corrected chi connectivity index (χ4v) is 1.97. The molecule has 9 heteroatoms. The van der Waals surface area contributed by atoms with Gasteiger partial charge in [-0.2, -0.15) is 13.2 Å². The Labute approximate surface area is 132 Å². The Kier molecular flexibility index (Phi) is 7.43. The van der Waals surface area contributed by atoms with Gasteiger partial charge in [0.25, 0.3) is 5.91 Å². The Morgan fingerprint density at radius 2 is 2.05 bits per heavy atom. The van der Waals surface area contributed by atoms with Gasteiger partial charge in [-0.15, -0.1) is 24.8 Å². The zero-order valence-electron chi connectivity index (χ0n) is 11.2.